The smallest absolute Gasteiger partial charge is 0.399 e. The van der Waals surface area contributed by atoms with E-state index in [0.717, 1.165) is 29.1 Å². The highest BCUT2D eigenvalue weighted by Crippen LogP contribution is 2.37. The molecule has 2 aromatic carbocycles. The molecule has 1 amide bonds. The van der Waals surface area contributed by atoms with Gasteiger partial charge in [-0.15, -0.1) is 0 Å². The van der Waals surface area contributed by atoms with Gasteiger partial charge in [-0.2, -0.15) is 0 Å². The van der Waals surface area contributed by atoms with Gasteiger partial charge < -0.3 is 14.6 Å². The molecule has 5 heteroatoms. The van der Waals surface area contributed by atoms with Crippen LogP contribution in [0.1, 0.15) is 50.9 Å². The van der Waals surface area contributed by atoms with Gasteiger partial charge in [0.2, 0.25) is 0 Å². The van der Waals surface area contributed by atoms with Crippen LogP contribution in [0.15, 0.2) is 36.4 Å². The molecule has 1 saturated carbocycles. The maximum absolute atomic E-state index is 12.6. The third-order valence-corrected chi connectivity index (χ3v) is 5.62. The number of amides is 1. The van der Waals surface area contributed by atoms with Crippen LogP contribution in [-0.2, 0) is 9.31 Å². The Labute approximate surface area is 149 Å². The second-order valence-corrected chi connectivity index (χ2v) is 8.08. The molecule has 1 saturated heterocycles. The summed E-state index contributed by atoms with van der Waals surface area (Å²) in [4.78, 5) is 12.6. The lowest BCUT2D eigenvalue weighted by atomic mass is 9.75. The lowest BCUT2D eigenvalue weighted by Gasteiger charge is -2.32. The standard InChI is InChI=1S/C20H24BNO3/c1-19(2)20(3,4)25-21(24-19)17-10-6-7-14-15(17)8-5-9-16(14)18(23)22-13-11-12-13/h5-10,13H,11-12H2,1-4H3,(H,22,23). The summed E-state index contributed by atoms with van der Waals surface area (Å²) in [7, 11) is -0.435. The number of carbonyl (C=O) groups excluding carboxylic acids is 1. The van der Waals surface area contributed by atoms with E-state index >= 15 is 0 Å². The second kappa shape index (κ2) is 5.58. The highest BCUT2D eigenvalue weighted by molar-refractivity contribution is 6.65. The molecular weight excluding hydrogens is 313 g/mol. The first kappa shape index (κ1) is 16.6. The number of carbonyl (C=O) groups is 1. The van der Waals surface area contributed by atoms with E-state index in [9.17, 15) is 4.79 Å². The summed E-state index contributed by atoms with van der Waals surface area (Å²) in [6.45, 7) is 8.19. The van der Waals surface area contributed by atoms with Crippen molar-refractivity contribution in [2.75, 3.05) is 0 Å². The fourth-order valence-electron chi connectivity index (χ4n) is 3.20. The summed E-state index contributed by atoms with van der Waals surface area (Å²) in [5.41, 5.74) is 0.904. The molecule has 0 bridgehead atoms. The van der Waals surface area contributed by atoms with Crippen LogP contribution in [0.5, 0.6) is 0 Å². The zero-order chi connectivity index (χ0) is 17.8. The van der Waals surface area contributed by atoms with E-state index in [0.29, 0.717) is 11.6 Å². The predicted molar refractivity (Wildman–Crippen MR) is 100 cm³/mol. The van der Waals surface area contributed by atoms with Gasteiger partial charge in [-0.05, 0) is 62.8 Å². The minimum Gasteiger partial charge on any atom is -0.399 e. The van der Waals surface area contributed by atoms with Gasteiger partial charge in [0, 0.05) is 11.6 Å². The molecule has 1 aliphatic heterocycles. The maximum Gasteiger partial charge on any atom is 0.495 e. The topological polar surface area (TPSA) is 47.6 Å². The fourth-order valence-corrected chi connectivity index (χ4v) is 3.20. The first-order valence-electron chi connectivity index (χ1n) is 8.97. The third-order valence-electron chi connectivity index (χ3n) is 5.62. The predicted octanol–water partition coefficient (Wildman–Crippen LogP) is 3.03. The Kier molecular flexibility index (Phi) is 3.71. The molecule has 1 N–H and O–H groups in total. The van der Waals surface area contributed by atoms with Gasteiger partial charge in [0.05, 0.1) is 11.2 Å². The average molecular weight is 337 g/mol. The monoisotopic (exact) mass is 337 g/mol. The van der Waals surface area contributed by atoms with Crippen LogP contribution in [0.4, 0.5) is 0 Å². The largest absolute Gasteiger partial charge is 0.495 e. The molecule has 4 rings (SSSR count). The van der Waals surface area contributed by atoms with Gasteiger partial charge in [-0.3, -0.25) is 4.79 Å². The van der Waals surface area contributed by atoms with Crippen molar-refractivity contribution in [3.05, 3.63) is 42.0 Å². The molecular formula is C20H24BNO3. The molecule has 25 heavy (non-hydrogen) atoms. The summed E-state index contributed by atoms with van der Waals surface area (Å²) < 4.78 is 12.4. The van der Waals surface area contributed by atoms with Crippen LogP contribution in [0.2, 0.25) is 0 Å². The summed E-state index contributed by atoms with van der Waals surface area (Å²) in [5.74, 6) is -0.000770. The molecule has 2 aromatic rings. The van der Waals surface area contributed by atoms with Crippen molar-refractivity contribution in [3.63, 3.8) is 0 Å². The molecule has 4 nitrogen and oxygen atoms in total. The number of benzene rings is 2. The molecule has 0 unspecified atom stereocenters. The van der Waals surface area contributed by atoms with Gasteiger partial charge in [-0.25, -0.2) is 0 Å². The summed E-state index contributed by atoms with van der Waals surface area (Å²) in [6, 6.07) is 12.2. The van der Waals surface area contributed by atoms with E-state index < -0.39 is 7.12 Å². The number of hydrogen-bond acceptors (Lipinski definition) is 3. The van der Waals surface area contributed by atoms with E-state index in [4.69, 9.17) is 9.31 Å². The Bertz CT molecular complexity index is 826. The fraction of sp³-hybridized carbons (Fsp3) is 0.450. The molecule has 2 aliphatic rings. The Morgan fingerprint density at radius 3 is 2.24 bits per heavy atom. The van der Waals surface area contributed by atoms with Crippen molar-refractivity contribution in [1.82, 2.24) is 5.32 Å². The zero-order valence-electron chi connectivity index (χ0n) is 15.3. The van der Waals surface area contributed by atoms with E-state index in [-0.39, 0.29) is 17.1 Å². The molecule has 0 aromatic heterocycles. The van der Waals surface area contributed by atoms with Crippen LogP contribution in [-0.4, -0.2) is 30.3 Å². The number of rotatable bonds is 3. The third kappa shape index (κ3) is 2.85. The average Bonchev–Trinajstić information content (AvgIpc) is 3.32. The lowest BCUT2D eigenvalue weighted by Crippen LogP contribution is -2.41. The Morgan fingerprint density at radius 2 is 1.60 bits per heavy atom. The molecule has 1 aliphatic carbocycles. The quantitative estimate of drug-likeness (QED) is 0.876. The van der Waals surface area contributed by atoms with Crippen molar-refractivity contribution >= 4 is 29.3 Å². The first-order chi connectivity index (χ1) is 11.8. The van der Waals surface area contributed by atoms with Crippen molar-refractivity contribution in [2.24, 2.45) is 0 Å². The number of fused-ring (bicyclic) bond motifs is 1. The van der Waals surface area contributed by atoms with Crippen molar-refractivity contribution < 1.29 is 14.1 Å². The van der Waals surface area contributed by atoms with Gasteiger partial charge >= 0.3 is 7.12 Å². The van der Waals surface area contributed by atoms with Crippen molar-refractivity contribution in [3.8, 4) is 0 Å². The second-order valence-electron chi connectivity index (χ2n) is 8.08. The van der Waals surface area contributed by atoms with Crippen LogP contribution in [0, 0.1) is 0 Å². The van der Waals surface area contributed by atoms with Gasteiger partial charge in [0.1, 0.15) is 0 Å². The van der Waals surface area contributed by atoms with Crippen LogP contribution in [0.3, 0.4) is 0 Å². The molecule has 2 fully saturated rings. The summed E-state index contributed by atoms with van der Waals surface area (Å²) in [6.07, 6.45) is 2.16. The van der Waals surface area contributed by atoms with Crippen molar-refractivity contribution in [2.45, 2.75) is 57.8 Å². The van der Waals surface area contributed by atoms with E-state index in [1.807, 2.05) is 64.1 Å². The molecule has 0 spiro atoms. The molecule has 130 valence electrons. The normalized spacial score (nSPS) is 21.5. The minimum atomic E-state index is -0.435. The van der Waals surface area contributed by atoms with Gasteiger partial charge in [-0.1, -0.05) is 30.3 Å². The highest BCUT2D eigenvalue weighted by Gasteiger charge is 2.52. The van der Waals surface area contributed by atoms with E-state index in [1.54, 1.807) is 0 Å². The molecule has 1 heterocycles. The van der Waals surface area contributed by atoms with Crippen LogP contribution >= 0.6 is 0 Å². The maximum atomic E-state index is 12.6. The zero-order valence-corrected chi connectivity index (χ0v) is 15.3. The highest BCUT2D eigenvalue weighted by atomic mass is 16.7. The lowest BCUT2D eigenvalue weighted by molar-refractivity contribution is 0.00578. The molecule has 0 radical (unpaired) electrons. The minimum absolute atomic E-state index is 0.000770. The van der Waals surface area contributed by atoms with Crippen LogP contribution in [0.25, 0.3) is 10.8 Å². The molecule has 0 atom stereocenters. The Balaban J connectivity index is 1.75. The van der Waals surface area contributed by atoms with Gasteiger partial charge in [0.15, 0.2) is 0 Å². The Morgan fingerprint density at radius 1 is 1.00 bits per heavy atom. The van der Waals surface area contributed by atoms with Crippen LogP contribution < -0.4 is 10.8 Å². The van der Waals surface area contributed by atoms with Crippen molar-refractivity contribution in [1.29, 1.82) is 0 Å². The SMILES string of the molecule is CC1(C)OB(c2cccc3c(C(=O)NC4CC4)cccc23)OC1(C)C. The number of hydrogen-bond donors (Lipinski definition) is 1. The summed E-state index contributed by atoms with van der Waals surface area (Å²) >= 11 is 0. The first-order valence-corrected chi connectivity index (χ1v) is 8.97. The van der Waals surface area contributed by atoms with E-state index in [2.05, 4.69) is 5.32 Å². The number of nitrogens with one attached hydrogen (secondary N) is 1. The summed E-state index contributed by atoms with van der Waals surface area (Å²) in [5, 5.41) is 5.02. The Hall–Kier alpha value is -1.85. The van der Waals surface area contributed by atoms with E-state index in [1.165, 1.54) is 0 Å². The van der Waals surface area contributed by atoms with Gasteiger partial charge in [0.25, 0.3) is 5.91 Å².